The van der Waals surface area contributed by atoms with Crippen molar-refractivity contribution in [3.63, 3.8) is 0 Å². The largest absolute Gasteiger partial charge is 0.469 e. The lowest BCUT2D eigenvalue weighted by Crippen LogP contribution is -2.42. The zero-order valence-corrected chi connectivity index (χ0v) is 11.5. The second-order valence-corrected chi connectivity index (χ2v) is 4.92. The Morgan fingerprint density at radius 1 is 1.40 bits per heavy atom. The zero-order chi connectivity index (χ0) is 14.7. The highest BCUT2D eigenvalue weighted by molar-refractivity contribution is 5.81. The van der Waals surface area contributed by atoms with Crippen LogP contribution >= 0.6 is 0 Å². The van der Waals surface area contributed by atoms with E-state index >= 15 is 0 Å². The number of esters is 1. The fraction of sp³-hybridized carbons (Fsp3) is 0.429. The number of primary amides is 1. The number of ether oxygens (including phenoxy) is 1. The maximum atomic E-state index is 11.6. The Kier molecular flexibility index (Phi) is 4.24. The highest BCUT2D eigenvalue weighted by atomic mass is 16.5. The Morgan fingerprint density at radius 3 is 2.75 bits per heavy atom. The molecule has 1 aromatic carbocycles. The molecule has 0 aliphatic carbocycles. The van der Waals surface area contributed by atoms with Gasteiger partial charge in [0.05, 0.1) is 13.2 Å². The van der Waals surface area contributed by atoms with Crippen LogP contribution in [0.25, 0.3) is 0 Å². The summed E-state index contributed by atoms with van der Waals surface area (Å²) in [5.41, 5.74) is 14.3. The summed E-state index contributed by atoms with van der Waals surface area (Å²) in [4.78, 5) is 24.8. The van der Waals surface area contributed by atoms with Gasteiger partial charge in [-0.3, -0.25) is 14.5 Å². The Bertz CT molecular complexity index is 530. The number of hydrogen-bond donors (Lipinski definition) is 2. The van der Waals surface area contributed by atoms with Gasteiger partial charge in [-0.25, -0.2) is 0 Å². The number of fused-ring (bicyclic) bond motifs is 1. The summed E-state index contributed by atoms with van der Waals surface area (Å²) >= 11 is 0. The summed E-state index contributed by atoms with van der Waals surface area (Å²) in [5, 5.41) is 0. The minimum absolute atomic E-state index is 0.173. The standard InChI is InChI=1S/C14H19N3O3/c1-20-13(18)6-5-12(14(16)19)17-7-9-3-2-4-11(15)10(9)8-17/h2-4,12H,5-8,15H2,1H3,(H2,16,19). The van der Waals surface area contributed by atoms with Crippen molar-refractivity contribution in [2.45, 2.75) is 32.0 Å². The van der Waals surface area contributed by atoms with Crippen LogP contribution in [0.5, 0.6) is 0 Å². The Labute approximate surface area is 117 Å². The zero-order valence-electron chi connectivity index (χ0n) is 11.5. The Balaban J connectivity index is 2.08. The lowest BCUT2D eigenvalue weighted by atomic mass is 10.1. The molecule has 1 aliphatic heterocycles. The SMILES string of the molecule is COC(=O)CCC(C(N)=O)N1Cc2cccc(N)c2C1. The van der Waals surface area contributed by atoms with Crippen molar-refractivity contribution in [2.24, 2.45) is 5.73 Å². The lowest BCUT2D eigenvalue weighted by molar-refractivity contribution is -0.141. The van der Waals surface area contributed by atoms with E-state index in [1.165, 1.54) is 7.11 Å². The first-order chi connectivity index (χ1) is 9.52. The number of nitrogens with zero attached hydrogens (tertiary/aromatic N) is 1. The summed E-state index contributed by atoms with van der Waals surface area (Å²) in [7, 11) is 1.33. The molecule has 1 unspecified atom stereocenters. The molecule has 2 rings (SSSR count). The molecule has 0 saturated heterocycles. The van der Waals surface area contributed by atoms with Crippen molar-refractivity contribution in [1.82, 2.24) is 4.90 Å². The number of hydrogen-bond acceptors (Lipinski definition) is 5. The first kappa shape index (κ1) is 14.3. The fourth-order valence-electron chi connectivity index (χ4n) is 2.56. The second-order valence-electron chi connectivity index (χ2n) is 4.92. The van der Waals surface area contributed by atoms with E-state index < -0.39 is 11.9 Å². The van der Waals surface area contributed by atoms with E-state index in [2.05, 4.69) is 4.74 Å². The number of amides is 1. The molecule has 0 radical (unpaired) electrons. The van der Waals surface area contributed by atoms with Crippen molar-refractivity contribution >= 4 is 17.6 Å². The maximum absolute atomic E-state index is 11.6. The average molecular weight is 277 g/mol. The molecule has 0 fully saturated rings. The molecule has 0 bridgehead atoms. The van der Waals surface area contributed by atoms with Gasteiger partial charge in [0.2, 0.25) is 5.91 Å². The van der Waals surface area contributed by atoms with E-state index in [0.717, 1.165) is 16.8 Å². The highest BCUT2D eigenvalue weighted by Gasteiger charge is 2.30. The summed E-state index contributed by atoms with van der Waals surface area (Å²) in [5.74, 6) is -0.771. The summed E-state index contributed by atoms with van der Waals surface area (Å²) in [6.07, 6.45) is 0.530. The maximum Gasteiger partial charge on any atom is 0.305 e. The molecular weight excluding hydrogens is 258 g/mol. The van der Waals surface area contributed by atoms with Crippen molar-refractivity contribution in [3.8, 4) is 0 Å². The van der Waals surface area contributed by atoms with E-state index in [1.807, 2.05) is 23.1 Å². The quantitative estimate of drug-likeness (QED) is 0.599. The number of rotatable bonds is 5. The molecule has 6 nitrogen and oxygen atoms in total. The Hall–Kier alpha value is -2.08. The number of anilines is 1. The number of nitrogen functional groups attached to an aromatic ring is 1. The second kappa shape index (κ2) is 5.92. The van der Waals surface area contributed by atoms with E-state index in [9.17, 15) is 9.59 Å². The highest BCUT2D eigenvalue weighted by Crippen LogP contribution is 2.29. The molecule has 1 heterocycles. The molecule has 1 aliphatic rings. The van der Waals surface area contributed by atoms with Crippen molar-refractivity contribution < 1.29 is 14.3 Å². The topological polar surface area (TPSA) is 98.6 Å². The third-order valence-corrected chi connectivity index (χ3v) is 3.66. The van der Waals surface area contributed by atoms with Crippen LogP contribution in [0.1, 0.15) is 24.0 Å². The fourth-order valence-corrected chi connectivity index (χ4v) is 2.56. The third kappa shape index (κ3) is 2.91. The van der Waals surface area contributed by atoms with Crippen molar-refractivity contribution in [2.75, 3.05) is 12.8 Å². The van der Waals surface area contributed by atoms with Crippen LogP contribution in [0.3, 0.4) is 0 Å². The van der Waals surface area contributed by atoms with Gasteiger partial charge in [0.25, 0.3) is 0 Å². The van der Waals surface area contributed by atoms with Crippen LogP contribution in [0.15, 0.2) is 18.2 Å². The monoisotopic (exact) mass is 277 g/mol. The number of carbonyl (C=O) groups excluding carboxylic acids is 2. The van der Waals surface area contributed by atoms with Crippen LogP contribution in [0.4, 0.5) is 5.69 Å². The molecule has 6 heteroatoms. The molecule has 1 aromatic rings. The van der Waals surface area contributed by atoms with Crippen LogP contribution in [0, 0.1) is 0 Å². The molecule has 108 valence electrons. The van der Waals surface area contributed by atoms with Gasteiger partial charge >= 0.3 is 5.97 Å². The Morgan fingerprint density at radius 2 is 2.15 bits per heavy atom. The molecule has 0 spiro atoms. The predicted octanol–water partition coefficient (Wildman–Crippen LogP) is 0.391. The normalized spacial score (nSPS) is 15.7. The molecular formula is C14H19N3O3. The molecule has 0 aromatic heterocycles. The van der Waals surface area contributed by atoms with E-state index in [1.54, 1.807) is 0 Å². The molecule has 0 saturated carbocycles. The lowest BCUT2D eigenvalue weighted by Gasteiger charge is -2.24. The van der Waals surface area contributed by atoms with E-state index in [0.29, 0.717) is 19.5 Å². The van der Waals surface area contributed by atoms with Crippen molar-refractivity contribution in [3.05, 3.63) is 29.3 Å². The summed E-state index contributed by atoms with van der Waals surface area (Å²) < 4.78 is 4.59. The first-order valence-electron chi connectivity index (χ1n) is 6.49. The van der Waals surface area contributed by atoms with Crippen LogP contribution < -0.4 is 11.5 Å². The number of benzene rings is 1. The van der Waals surface area contributed by atoms with Crippen LogP contribution in [-0.4, -0.2) is 29.9 Å². The van der Waals surface area contributed by atoms with Gasteiger partial charge in [-0.05, 0) is 23.6 Å². The van der Waals surface area contributed by atoms with Gasteiger partial charge in [-0.1, -0.05) is 12.1 Å². The molecule has 1 atom stereocenters. The van der Waals surface area contributed by atoms with E-state index in [-0.39, 0.29) is 12.4 Å². The molecule has 20 heavy (non-hydrogen) atoms. The van der Waals surface area contributed by atoms with Crippen LogP contribution in [0.2, 0.25) is 0 Å². The number of nitrogens with two attached hydrogens (primary N) is 2. The summed E-state index contributed by atoms with van der Waals surface area (Å²) in [6.45, 7) is 1.20. The van der Waals surface area contributed by atoms with Gasteiger partial charge in [-0.15, -0.1) is 0 Å². The van der Waals surface area contributed by atoms with Gasteiger partial charge in [0, 0.05) is 25.2 Å². The number of carbonyl (C=O) groups is 2. The summed E-state index contributed by atoms with van der Waals surface area (Å²) in [6, 6.07) is 5.24. The van der Waals surface area contributed by atoms with Gasteiger partial charge in [0.15, 0.2) is 0 Å². The van der Waals surface area contributed by atoms with Crippen LogP contribution in [-0.2, 0) is 27.4 Å². The van der Waals surface area contributed by atoms with Crippen molar-refractivity contribution in [1.29, 1.82) is 0 Å². The molecule has 1 amide bonds. The minimum atomic E-state index is -0.485. The van der Waals surface area contributed by atoms with Gasteiger partial charge < -0.3 is 16.2 Å². The minimum Gasteiger partial charge on any atom is -0.469 e. The third-order valence-electron chi connectivity index (χ3n) is 3.66. The number of methoxy groups -OCH3 is 1. The first-order valence-corrected chi connectivity index (χ1v) is 6.49. The smallest absolute Gasteiger partial charge is 0.305 e. The molecule has 4 N–H and O–H groups in total. The van der Waals surface area contributed by atoms with Gasteiger partial charge in [-0.2, -0.15) is 0 Å². The van der Waals surface area contributed by atoms with E-state index in [4.69, 9.17) is 11.5 Å². The average Bonchev–Trinajstić information content (AvgIpc) is 2.83. The van der Waals surface area contributed by atoms with Gasteiger partial charge in [0.1, 0.15) is 0 Å². The predicted molar refractivity (Wildman–Crippen MR) is 74.3 cm³/mol.